The standard InChI is InChI=1S/C18H22N2O5/c1-6-10-14(12(9-19-2)20-15(10)18(21)22)11-7-8-13(23-3)17(25-5)16(11)24-4/h6-8,19-20H,1,9H2,2-5H3,(H,21,22). The number of carboxylic acids is 1. The topological polar surface area (TPSA) is 92.8 Å². The molecule has 0 bridgehead atoms. The van der Waals surface area contributed by atoms with Gasteiger partial charge in [-0.2, -0.15) is 0 Å². The maximum atomic E-state index is 11.6. The number of aromatic carboxylic acids is 1. The summed E-state index contributed by atoms with van der Waals surface area (Å²) in [6, 6.07) is 3.56. The molecule has 0 spiro atoms. The molecule has 0 saturated carbocycles. The maximum absolute atomic E-state index is 11.6. The first-order chi connectivity index (χ1) is 12.0. The Labute approximate surface area is 146 Å². The van der Waals surface area contributed by atoms with Gasteiger partial charge >= 0.3 is 5.97 Å². The van der Waals surface area contributed by atoms with Gasteiger partial charge in [0.1, 0.15) is 5.69 Å². The van der Waals surface area contributed by atoms with Crippen molar-refractivity contribution in [3.05, 3.63) is 35.7 Å². The second-order valence-corrected chi connectivity index (χ2v) is 5.19. The number of ether oxygens (including phenoxy) is 3. The SMILES string of the molecule is C=Cc1c(C(=O)O)[nH]c(CNC)c1-c1ccc(OC)c(OC)c1OC. The predicted octanol–water partition coefficient (Wildman–Crippen LogP) is 2.77. The number of aromatic nitrogens is 1. The molecular formula is C18H22N2O5. The molecule has 1 aromatic heterocycles. The fourth-order valence-electron chi connectivity index (χ4n) is 2.86. The van der Waals surface area contributed by atoms with Crippen LogP contribution in [0.2, 0.25) is 0 Å². The predicted molar refractivity (Wildman–Crippen MR) is 95.7 cm³/mol. The van der Waals surface area contributed by atoms with E-state index in [4.69, 9.17) is 14.2 Å². The lowest BCUT2D eigenvalue weighted by atomic mass is 9.98. The lowest BCUT2D eigenvalue weighted by Crippen LogP contribution is -2.07. The Kier molecular flexibility index (Phi) is 5.71. The molecule has 3 N–H and O–H groups in total. The summed E-state index contributed by atoms with van der Waals surface area (Å²) in [5, 5.41) is 12.5. The summed E-state index contributed by atoms with van der Waals surface area (Å²) in [6.45, 7) is 4.21. The molecule has 0 aliphatic heterocycles. The zero-order valence-corrected chi connectivity index (χ0v) is 14.7. The van der Waals surface area contributed by atoms with Gasteiger partial charge in [-0.1, -0.05) is 12.7 Å². The number of carbonyl (C=O) groups is 1. The molecule has 2 rings (SSSR count). The van der Waals surface area contributed by atoms with Gasteiger partial charge in [-0.3, -0.25) is 0 Å². The zero-order chi connectivity index (χ0) is 18.6. The lowest BCUT2D eigenvalue weighted by molar-refractivity contribution is 0.0691. The van der Waals surface area contributed by atoms with Crippen molar-refractivity contribution in [1.29, 1.82) is 0 Å². The Morgan fingerprint density at radius 3 is 2.40 bits per heavy atom. The van der Waals surface area contributed by atoms with E-state index in [0.717, 1.165) is 0 Å². The Morgan fingerprint density at radius 2 is 1.92 bits per heavy atom. The van der Waals surface area contributed by atoms with Crippen LogP contribution in [0.5, 0.6) is 17.2 Å². The smallest absolute Gasteiger partial charge is 0.352 e. The highest BCUT2D eigenvalue weighted by Gasteiger charge is 2.25. The van der Waals surface area contributed by atoms with Crippen molar-refractivity contribution >= 4 is 12.0 Å². The van der Waals surface area contributed by atoms with Crippen molar-refractivity contribution in [3.63, 3.8) is 0 Å². The van der Waals surface area contributed by atoms with E-state index in [9.17, 15) is 9.90 Å². The molecule has 1 heterocycles. The number of benzene rings is 1. The van der Waals surface area contributed by atoms with Crippen LogP contribution in [-0.4, -0.2) is 44.4 Å². The monoisotopic (exact) mass is 346 g/mol. The van der Waals surface area contributed by atoms with E-state index in [1.54, 1.807) is 19.2 Å². The molecule has 25 heavy (non-hydrogen) atoms. The average molecular weight is 346 g/mol. The largest absolute Gasteiger partial charge is 0.493 e. The van der Waals surface area contributed by atoms with Gasteiger partial charge in [0.05, 0.1) is 21.3 Å². The zero-order valence-electron chi connectivity index (χ0n) is 14.7. The number of aromatic amines is 1. The molecular weight excluding hydrogens is 324 g/mol. The molecule has 0 fully saturated rings. The van der Waals surface area contributed by atoms with Gasteiger partial charge in [-0.25, -0.2) is 4.79 Å². The number of carboxylic acid groups (broad SMARTS) is 1. The molecule has 7 nitrogen and oxygen atoms in total. The van der Waals surface area contributed by atoms with E-state index in [2.05, 4.69) is 16.9 Å². The van der Waals surface area contributed by atoms with E-state index in [1.165, 1.54) is 27.4 Å². The minimum atomic E-state index is -1.06. The summed E-state index contributed by atoms with van der Waals surface area (Å²) < 4.78 is 16.3. The highest BCUT2D eigenvalue weighted by molar-refractivity contribution is 5.97. The van der Waals surface area contributed by atoms with Crippen molar-refractivity contribution in [3.8, 4) is 28.4 Å². The molecule has 0 radical (unpaired) electrons. The second-order valence-electron chi connectivity index (χ2n) is 5.19. The van der Waals surface area contributed by atoms with Crippen LogP contribution < -0.4 is 19.5 Å². The molecule has 0 unspecified atom stereocenters. The van der Waals surface area contributed by atoms with E-state index in [-0.39, 0.29) is 5.69 Å². The highest BCUT2D eigenvalue weighted by atomic mass is 16.5. The van der Waals surface area contributed by atoms with Crippen molar-refractivity contribution in [2.75, 3.05) is 28.4 Å². The number of methoxy groups -OCH3 is 3. The highest BCUT2D eigenvalue weighted by Crippen LogP contribution is 2.46. The second kappa shape index (κ2) is 7.76. The van der Waals surface area contributed by atoms with Crippen molar-refractivity contribution in [1.82, 2.24) is 10.3 Å². The summed E-state index contributed by atoms with van der Waals surface area (Å²) in [5.74, 6) is 0.356. The number of hydrogen-bond acceptors (Lipinski definition) is 5. The van der Waals surface area contributed by atoms with Crippen LogP contribution in [0, 0.1) is 0 Å². The summed E-state index contributed by atoms with van der Waals surface area (Å²) in [7, 11) is 6.37. The van der Waals surface area contributed by atoms with Gasteiger partial charge in [-0.15, -0.1) is 0 Å². The molecule has 134 valence electrons. The van der Waals surface area contributed by atoms with Gasteiger partial charge < -0.3 is 29.6 Å². The Balaban J connectivity index is 2.85. The first-order valence-corrected chi connectivity index (χ1v) is 7.58. The van der Waals surface area contributed by atoms with Crippen molar-refractivity contribution in [2.24, 2.45) is 0 Å². The maximum Gasteiger partial charge on any atom is 0.352 e. The molecule has 0 aliphatic carbocycles. The van der Waals surface area contributed by atoms with Gasteiger partial charge in [-0.05, 0) is 19.2 Å². The molecule has 2 aromatic rings. The van der Waals surface area contributed by atoms with Gasteiger partial charge in [0.2, 0.25) is 5.75 Å². The van der Waals surface area contributed by atoms with Crippen LogP contribution in [0.4, 0.5) is 0 Å². The third kappa shape index (κ3) is 3.18. The summed E-state index contributed by atoms with van der Waals surface area (Å²) in [5.41, 5.74) is 2.65. The Hall–Kier alpha value is -2.93. The molecule has 7 heteroatoms. The molecule has 0 aliphatic rings. The van der Waals surface area contributed by atoms with Crippen LogP contribution in [0.1, 0.15) is 21.7 Å². The number of H-pyrrole nitrogens is 1. The molecule has 0 amide bonds. The summed E-state index contributed by atoms with van der Waals surface area (Å²) in [4.78, 5) is 14.5. The first-order valence-electron chi connectivity index (χ1n) is 7.58. The quantitative estimate of drug-likeness (QED) is 0.681. The van der Waals surface area contributed by atoms with Gasteiger partial charge in [0.25, 0.3) is 0 Å². The number of rotatable bonds is 8. The molecule has 1 aromatic carbocycles. The fraction of sp³-hybridized carbons (Fsp3) is 0.278. The van der Waals surface area contributed by atoms with Crippen LogP contribution in [0.3, 0.4) is 0 Å². The van der Waals surface area contributed by atoms with Crippen molar-refractivity contribution in [2.45, 2.75) is 6.54 Å². The normalized spacial score (nSPS) is 10.4. The molecule has 0 saturated heterocycles. The summed E-state index contributed by atoms with van der Waals surface area (Å²) in [6.07, 6.45) is 1.52. The Bertz CT molecular complexity index is 795. The van der Waals surface area contributed by atoms with Gasteiger partial charge in [0.15, 0.2) is 11.5 Å². The van der Waals surface area contributed by atoms with Crippen molar-refractivity contribution < 1.29 is 24.1 Å². The fourth-order valence-corrected chi connectivity index (χ4v) is 2.86. The minimum Gasteiger partial charge on any atom is -0.493 e. The lowest BCUT2D eigenvalue weighted by Gasteiger charge is -2.17. The van der Waals surface area contributed by atoms with E-state index >= 15 is 0 Å². The third-order valence-electron chi connectivity index (χ3n) is 3.86. The van der Waals surface area contributed by atoms with E-state index < -0.39 is 5.97 Å². The van der Waals surface area contributed by atoms with Crippen LogP contribution in [-0.2, 0) is 6.54 Å². The first kappa shape index (κ1) is 18.4. The van der Waals surface area contributed by atoms with Crippen LogP contribution in [0.15, 0.2) is 18.7 Å². The number of hydrogen-bond donors (Lipinski definition) is 3. The summed E-state index contributed by atoms with van der Waals surface area (Å²) >= 11 is 0. The minimum absolute atomic E-state index is 0.0760. The third-order valence-corrected chi connectivity index (χ3v) is 3.86. The Morgan fingerprint density at radius 1 is 1.24 bits per heavy atom. The van der Waals surface area contributed by atoms with Gasteiger partial charge in [0, 0.05) is 28.9 Å². The van der Waals surface area contributed by atoms with E-state index in [1.807, 2.05) is 0 Å². The van der Waals surface area contributed by atoms with Crippen LogP contribution in [0.25, 0.3) is 17.2 Å². The van der Waals surface area contributed by atoms with Crippen LogP contribution >= 0.6 is 0 Å². The van der Waals surface area contributed by atoms with E-state index in [0.29, 0.717) is 46.2 Å². The molecule has 0 atom stereocenters. The number of nitrogens with one attached hydrogen (secondary N) is 2. The average Bonchev–Trinajstić information content (AvgIpc) is 2.98.